The molecule has 130 valence electrons. The standard InChI is InChI=1S/C18H28ClNO3/c1-6-14(8-7-13(2)19)11-15-9-10-16(21)12-20(15)17(22)23-18(3,4)5/h6-8,15-16,21H,1,9-12H2,2-5H3/b13-7+,14-8+. The summed E-state index contributed by atoms with van der Waals surface area (Å²) in [4.78, 5) is 14.1. The highest BCUT2D eigenvalue weighted by molar-refractivity contribution is 6.29. The number of rotatable bonds is 4. The minimum atomic E-state index is -0.556. The van der Waals surface area contributed by atoms with E-state index in [-0.39, 0.29) is 12.1 Å². The highest BCUT2D eigenvalue weighted by atomic mass is 35.5. The van der Waals surface area contributed by atoms with Gasteiger partial charge < -0.3 is 14.7 Å². The zero-order valence-electron chi connectivity index (χ0n) is 14.5. The van der Waals surface area contributed by atoms with Gasteiger partial charge in [0.05, 0.1) is 12.6 Å². The van der Waals surface area contributed by atoms with Crippen LogP contribution in [0.1, 0.15) is 47.0 Å². The Kier molecular flexibility index (Phi) is 7.36. The number of amides is 1. The van der Waals surface area contributed by atoms with Crippen LogP contribution in [0, 0.1) is 0 Å². The van der Waals surface area contributed by atoms with Gasteiger partial charge in [0, 0.05) is 11.1 Å². The third kappa shape index (κ3) is 7.23. The quantitative estimate of drug-likeness (QED) is 0.771. The summed E-state index contributed by atoms with van der Waals surface area (Å²) in [7, 11) is 0. The van der Waals surface area contributed by atoms with Crippen LogP contribution >= 0.6 is 11.6 Å². The topological polar surface area (TPSA) is 49.8 Å². The van der Waals surface area contributed by atoms with Gasteiger partial charge in [0.2, 0.25) is 0 Å². The van der Waals surface area contributed by atoms with Gasteiger partial charge in [0.25, 0.3) is 0 Å². The minimum Gasteiger partial charge on any atom is -0.444 e. The van der Waals surface area contributed by atoms with Crippen LogP contribution in [0.4, 0.5) is 4.79 Å². The first kappa shape index (κ1) is 19.8. The molecule has 0 aromatic rings. The maximum absolute atomic E-state index is 12.4. The number of nitrogens with zero attached hydrogens (tertiary/aromatic N) is 1. The van der Waals surface area contributed by atoms with Crippen molar-refractivity contribution in [1.82, 2.24) is 4.90 Å². The fourth-order valence-electron chi connectivity index (χ4n) is 2.48. The molecule has 0 bridgehead atoms. The second-order valence-electron chi connectivity index (χ2n) is 6.92. The van der Waals surface area contributed by atoms with Crippen molar-refractivity contribution < 1.29 is 14.6 Å². The number of halogens is 1. The molecule has 0 spiro atoms. The molecule has 5 heteroatoms. The molecule has 23 heavy (non-hydrogen) atoms. The SMILES string of the molecule is C=C/C(=C\C=C(/C)Cl)CC1CCC(O)CN1C(=O)OC(C)(C)C. The maximum Gasteiger partial charge on any atom is 0.410 e. The molecule has 2 unspecified atom stereocenters. The number of piperidine rings is 1. The van der Waals surface area contributed by atoms with Crippen molar-refractivity contribution in [3.05, 3.63) is 35.4 Å². The van der Waals surface area contributed by atoms with E-state index in [0.29, 0.717) is 24.4 Å². The van der Waals surface area contributed by atoms with Gasteiger partial charge in [-0.15, -0.1) is 0 Å². The number of likely N-dealkylation sites (tertiary alicyclic amines) is 1. The number of allylic oxidation sites excluding steroid dienone is 4. The monoisotopic (exact) mass is 341 g/mol. The Morgan fingerprint density at radius 3 is 2.57 bits per heavy atom. The molecule has 0 saturated carbocycles. The molecule has 1 amide bonds. The highest BCUT2D eigenvalue weighted by Gasteiger charge is 2.33. The molecular weight excluding hydrogens is 314 g/mol. The molecule has 1 N–H and O–H groups in total. The molecule has 0 aromatic heterocycles. The molecule has 0 radical (unpaired) electrons. The first-order valence-corrected chi connectivity index (χ1v) is 8.33. The Labute approximate surface area is 144 Å². The molecule has 4 nitrogen and oxygen atoms in total. The molecule has 1 rings (SSSR count). The third-order valence-corrected chi connectivity index (χ3v) is 3.70. The van der Waals surface area contributed by atoms with Gasteiger partial charge in [-0.2, -0.15) is 0 Å². The molecule has 1 aliphatic heterocycles. The van der Waals surface area contributed by atoms with Crippen molar-refractivity contribution >= 4 is 17.7 Å². The number of hydrogen-bond acceptors (Lipinski definition) is 3. The Hall–Kier alpha value is -1.26. The van der Waals surface area contributed by atoms with E-state index in [1.807, 2.05) is 39.8 Å². The van der Waals surface area contributed by atoms with Crippen LogP contribution in [-0.2, 0) is 4.74 Å². The predicted molar refractivity (Wildman–Crippen MR) is 94.5 cm³/mol. The van der Waals surface area contributed by atoms with Crippen LogP contribution < -0.4 is 0 Å². The summed E-state index contributed by atoms with van der Waals surface area (Å²) in [6.45, 7) is 11.4. The molecular formula is C18H28ClNO3. The number of aliphatic hydroxyl groups is 1. The lowest BCUT2D eigenvalue weighted by atomic mass is 9.94. The Bertz CT molecular complexity index is 487. The van der Waals surface area contributed by atoms with Gasteiger partial charge in [-0.3, -0.25) is 0 Å². The van der Waals surface area contributed by atoms with Crippen molar-refractivity contribution in [3.8, 4) is 0 Å². The third-order valence-electron chi connectivity index (χ3n) is 3.57. The summed E-state index contributed by atoms with van der Waals surface area (Å²) >= 11 is 5.86. The number of hydrogen-bond donors (Lipinski definition) is 1. The minimum absolute atomic E-state index is 0.0125. The van der Waals surface area contributed by atoms with E-state index < -0.39 is 11.7 Å². The number of carbonyl (C=O) groups is 1. The zero-order chi connectivity index (χ0) is 17.6. The number of β-amino-alcohol motifs (C(OH)–C–C–N with tert-alkyl or cyclic N) is 1. The van der Waals surface area contributed by atoms with Crippen LogP contribution in [0.2, 0.25) is 0 Å². The Morgan fingerprint density at radius 2 is 2.04 bits per heavy atom. The summed E-state index contributed by atoms with van der Waals surface area (Å²) in [6, 6.07) is -0.0125. The van der Waals surface area contributed by atoms with Crippen LogP contribution in [0.5, 0.6) is 0 Å². The molecule has 1 saturated heterocycles. The Morgan fingerprint density at radius 1 is 1.39 bits per heavy atom. The second-order valence-corrected chi connectivity index (χ2v) is 7.52. The van der Waals surface area contributed by atoms with Gasteiger partial charge >= 0.3 is 6.09 Å². The fraction of sp³-hybridized carbons (Fsp3) is 0.611. The van der Waals surface area contributed by atoms with E-state index in [1.165, 1.54) is 0 Å². The van der Waals surface area contributed by atoms with E-state index in [1.54, 1.807) is 11.0 Å². The summed E-state index contributed by atoms with van der Waals surface area (Å²) in [5.74, 6) is 0. The normalized spacial score (nSPS) is 23.7. The van der Waals surface area contributed by atoms with E-state index in [9.17, 15) is 9.90 Å². The predicted octanol–water partition coefficient (Wildman–Crippen LogP) is 4.39. The van der Waals surface area contributed by atoms with E-state index in [0.717, 1.165) is 12.0 Å². The smallest absolute Gasteiger partial charge is 0.410 e. The van der Waals surface area contributed by atoms with Crippen molar-refractivity contribution in [3.63, 3.8) is 0 Å². The molecule has 1 heterocycles. The number of ether oxygens (including phenoxy) is 1. The first-order chi connectivity index (χ1) is 10.6. The molecule has 0 aromatic carbocycles. The molecule has 0 aliphatic carbocycles. The zero-order valence-corrected chi connectivity index (χ0v) is 15.3. The Balaban J connectivity index is 2.88. The van der Waals surface area contributed by atoms with Crippen molar-refractivity contribution in [1.29, 1.82) is 0 Å². The number of carbonyl (C=O) groups excluding carboxylic acids is 1. The van der Waals surface area contributed by atoms with Gasteiger partial charge in [-0.05, 0) is 58.6 Å². The summed E-state index contributed by atoms with van der Waals surface area (Å²) in [5.41, 5.74) is 0.444. The summed E-state index contributed by atoms with van der Waals surface area (Å²) < 4.78 is 5.47. The first-order valence-electron chi connectivity index (χ1n) is 7.95. The largest absolute Gasteiger partial charge is 0.444 e. The average Bonchev–Trinajstić information content (AvgIpc) is 2.42. The van der Waals surface area contributed by atoms with Crippen LogP contribution in [0.15, 0.2) is 35.4 Å². The van der Waals surface area contributed by atoms with Crippen LogP contribution in [-0.4, -0.2) is 40.4 Å². The van der Waals surface area contributed by atoms with Crippen molar-refractivity contribution in [2.75, 3.05) is 6.54 Å². The van der Waals surface area contributed by atoms with Crippen LogP contribution in [0.3, 0.4) is 0 Å². The van der Waals surface area contributed by atoms with Crippen molar-refractivity contribution in [2.45, 2.75) is 64.7 Å². The van der Waals surface area contributed by atoms with Gasteiger partial charge in [0.15, 0.2) is 0 Å². The van der Waals surface area contributed by atoms with E-state index in [4.69, 9.17) is 16.3 Å². The van der Waals surface area contributed by atoms with Gasteiger partial charge in [-0.25, -0.2) is 4.79 Å². The van der Waals surface area contributed by atoms with E-state index >= 15 is 0 Å². The summed E-state index contributed by atoms with van der Waals surface area (Å²) in [5, 5.41) is 10.6. The molecule has 1 aliphatic rings. The molecule has 2 atom stereocenters. The maximum atomic E-state index is 12.4. The van der Waals surface area contributed by atoms with E-state index in [2.05, 4.69) is 6.58 Å². The fourth-order valence-corrected chi connectivity index (χ4v) is 2.54. The number of aliphatic hydroxyl groups excluding tert-OH is 1. The van der Waals surface area contributed by atoms with Crippen LogP contribution in [0.25, 0.3) is 0 Å². The lowest BCUT2D eigenvalue weighted by Crippen LogP contribution is -2.50. The van der Waals surface area contributed by atoms with Gasteiger partial charge in [0.1, 0.15) is 5.60 Å². The molecule has 1 fully saturated rings. The lowest BCUT2D eigenvalue weighted by molar-refractivity contribution is -0.0126. The van der Waals surface area contributed by atoms with Gasteiger partial charge in [-0.1, -0.05) is 30.3 Å². The second kappa shape index (κ2) is 8.55. The highest BCUT2D eigenvalue weighted by Crippen LogP contribution is 2.25. The lowest BCUT2D eigenvalue weighted by Gasteiger charge is -2.39. The van der Waals surface area contributed by atoms with Crippen molar-refractivity contribution in [2.24, 2.45) is 0 Å². The average molecular weight is 342 g/mol. The summed E-state index contributed by atoms with van der Waals surface area (Å²) in [6.07, 6.45) is 6.69.